The highest BCUT2D eigenvalue weighted by Crippen LogP contribution is 2.20. The molecule has 0 aromatic heterocycles. The number of piperidine rings is 1. The summed E-state index contributed by atoms with van der Waals surface area (Å²) in [5.74, 6) is 0.738. The van der Waals surface area contributed by atoms with Crippen LogP contribution in [0.25, 0.3) is 0 Å². The number of nitrogens with zero attached hydrogens (tertiary/aromatic N) is 2. The van der Waals surface area contributed by atoms with Gasteiger partial charge in [-0.2, -0.15) is 0 Å². The maximum absolute atomic E-state index is 12.2. The summed E-state index contributed by atoms with van der Waals surface area (Å²) >= 11 is 0. The van der Waals surface area contributed by atoms with Crippen LogP contribution in [-0.4, -0.2) is 47.9 Å². The van der Waals surface area contributed by atoms with Crippen molar-refractivity contribution in [1.82, 2.24) is 9.80 Å². The number of rotatable bonds is 5. The highest BCUT2D eigenvalue weighted by atomic mass is 35.5. The Hall–Kier alpha value is -0.810. The van der Waals surface area contributed by atoms with E-state index in [-0.39, 0.29) is 30.7 Å². The maximum Gasteiger partial charge on any atom is 0.242 e. The van der Waals surface area contributed by atoms with Crippen LogP contribution < -0.4 is 5.73 Å². The Morgan fingerprint density at radius 2 is 1.75 bits per heavy atom. The predicted octanol–water partition coefficient (Wildman–Crippen LogP) is 2.94. The van der Waals surface area contributed by atoms with E-state index in [0.717, 1.165) is 39.0 Å². The van der Waals surface area contributed by atoms with Gasteiger partial charge in [0.15, 0.2) is 0 Å². The van der Waals surface area contributed by atoms with Crippen molar-refractivity contribution in [3.05, 3.63) is 35.9 Å². The number of hydrogen-bond donors (Lipinski definition) is 1. The van der Waals surface area contributed by atoms with Gasteiger partial charge in [0.25, 0.3) is 0 Å². The lowest BCUT2D eigenvalue weighted by molar-refractivity contribution is -0.137. The minimum Gasteiger partial charge on any atom is -0.341 e. The number of benzene rings is 1. The Balaban J connectivity index is 0.00000264. The van der Waals surface area contributed by atoms with E-state index in [1.807, 2.05) is 4.90 Å². The molecule has 0 atom stereocenters. The molecule has 6 heteroatoms. The Bertz CT molecular complexity index is 483. The molecule has 1 fully saturated rings. The SMILES string of the molecule is CN(Cc1ccccc1)CC1CCN(C(=O)C(C)(C)N)CC1.Cl.Cl. The van der Waals surface area contributed by atoms with Crippen molar-refractivity contribution in [2.24, 2.45) is 11.7 Å². The Morgan fingerprint density at radius 1 is 1.21 bits per heavy atom. The van der Waals surface area contributed by atoms with Crippen LogP contribution in [0.15, 0.2) is 30.3 Å². The molecular weight excluding hydrogens is 345 g/mol. The first-order chi connectivity index (χ1) is 10.4. The monoisotopic (exact) mass is 375 g/mol. The summed E-state index contributed by atoms with van der Waals surface area (Å²) in [4.78, 5) is 16.5. The molecule has 0 unspecified atom stereocenters. The molecule has 2 N–H and O–H groups in total. The first-order valence-electron chi connectivity index (χ1n) is 8.17. The molecule has 1 aliphatic rings. The number of hydrogen-bond acceptors (Lipinski definition) is 3. The van der Waals surface area contributed by atoms with Gasteiger partial charge in [-0.25, -0.2) is 0 Å². The fraction of sp³-hybridized carbons (Fsp3) is 0.611. The summed E-state index contributed by atoms with van der Waals surface area (Å²) in [7, 11) is 2.17. The first-order valence-corrected chi connectivity index (χ1v) is 8.17. The quantitative estimate of drug-likeness (QED) is 0.860. The fourth-order valence-corrected chi connectivity index (χ4v) is 3.13. The minimum atomic E-state index is -0.753. The molecule has 1 aromatic carbocycles. The fourth-order valence-electron chi connectivity index (χ4n) is 3.13. The summed E-state index contributed by atoms with van der Waals surface area (Å²) in [5.41, 5.74) is 6.51. The molecule has 0 saturated carbocycles. The van der Waals surface area contributed by atoms with Crippen LogP contribution in [-0.2, 0) is 11.3 Å². The van der Waals surface area contributed by atoms with Crippen molar-refractivity contribution in [3.8, 4) is 0 Å². The molecule has 138 valence electrons. The van der Waals surface area contributed by atoms with E-state index in [1.54, 1.807) is 13.8 Å². The molecule has 1 aromatic rings. The second kappa shape index (κ2) is 10.2. The first kappa shape index (κ1) is 23.2. The van der Waals surface area contributed by atoms with E-state index in [1.165, 1.54) is 5.56 Å². The molecule has 24 heavy (non-hydrogen) atoms. The lowest BCUT2D eigenvalue weighted by atomic mass is 9.94. The average molecular weight is 376 g/mol. The molecule has 0 aliphatic carbocycles. The van der Waals surface area contributed by atoms with E-state index in [0.29, 0.717) is 5.92 Å². The maximum atomic E-state index is 12.2. The summed E-state index contributed by atoms with van der Waals surface area (Å²) < 4.78 is 0. The summed E-state index contributed by atoms with van der Waals surface area (Å²) in [6, 6.07) is 10.6. The Kier molecular flexibility index (Phi) is 9.90. The van der Waals surface area contributed by atoms with Gasteiger partial charge in [-0.05, 0) is 45.2 Å². The number of carbonyl (C=O) groups excluding carboxylic acids is 1. The van der Waals surface area contributed by atoms with E-state index < -0.39 is 5.54 Å². The second-order valence-electron chi connectivity index (χ2n) is 7.14. The third kappa shape index (κ3) is 6.98. The Morgan fingerprint density at radius 3 is 2.25 bits per heavy atom. The number of amides is 1. The molecular formula is C18H31Cl2N3O. The van der Waals surface area contributed by atoms with Crippen LogP contribution in [0.4, 0.5) is 0 Å². The summed E-state index contributed by atoms with van der Waals surface area (Å²) in [6.45, 7) is 7.31. The van der Waals surface area contributed by atoms with E-state index in [2.05, 4.69) is 42.3 Å². The zero-order chi connectivity index (χ0) is 16.2. The summed E-state index contributed by atoms with van der Waals surface area (Å²) in [5, 5.41) is 0. The van der Waals surface area contributed by atoms with Crippen molar-refractivity contribution < 1.29 is 4.79 Å². The topological polar surface area (TPSA) is 49.6 Å². The van der Waals surface area contributed by atoms with Gasteiger partial charge < -0.3 is 15.5 Å². The van der Waals surface area contributed by atoms with Gasteiger partial charge in [-0.1, -0.05) is 30.3 Å². The lowest BCUT2D eigenvalue weighted by Gasteiger charge is -2.36. The van der Waals surface area contributed by atoms with Gasteiger partial charge in [0, 0.05) is 26.2 Å². The average Bonchev–Trinajstić information content (AvgIpc) is 2.47. The van der Waals surface area contributed by atoms with Gasteiger partial charge in [-0.15, -0.1) is 24.8 Å². The second-order valence-corrected chi connectivity index (χ2v) is 7.14. The van der Waals surface area contributed by atoms with Gasteiger partial charge in [0.1, 0.15) is 0 Å². The van der Waals surface area contributed by atoms with Crippen LogP contribution in [0.5, 0.6) is 0 Å². The minimum absolute atomic E-state index is 0. The number of carbonyl (C=O) groups is 1. The molecule has 0 bridgehead atoms. The third-order valence-electron chi connectivity index (χ3n) is 4.32. The molecule has 1 saturated heterocycles. The standard InChI is InChI=1S/C18H29N3O.2ClH/c1-18(2,19)17(22)21-11-9-16(10-12-21)14-20(3)13-15-7-5-4-6-8-15;;/h4-8,16H,9-14,19H2,1-3H3;2*1H. The molecule has 1 heterocycles. The molecule has 0 radical (unpaired) electrons. The van der Waals surface area contributed by atoms with Crippen molar-refractivity contribution >= 4 is 30.7 Å². The highest BCUT2D eigenvalue weighted by Gasteiger charge is 2.30. The lowest BCUT2D eigenvalue weighted by Crippen LogP contribution is -2.53. The van der Waals surface area contributed by atoms with Crippen molar-refractivity contribution in [2.75, 3.05) is 26.7 Å². The Labute approximate surface area is 158 Å². The zero-order valence-corrected chi connectivity index (χ0v) is 16.5. The van der Waals surface area contributed by atoms with Crippen LogP contribution in [0.3, 0.4) is 0 Å². The number of nitrogens with two attached hydrogens (primary N) is 1. The largest absolute Gasteiger partial charge is 0.341 e. The van der Waals surface area contributed by atoms with Crippen LogP contribution in [0, 0.1) is 5.92 Å². The normalized spacial score (nSPS) is 15.6. The highest BCUT2D eigenvalue weighted by molar-refractivity contribution is 5.86. The zero-order valence-electron chi connectivity index (χ0n) is 14.9. The van der Waals surface area contributed by atoms with Gasteiger partial charge in [0.2, 0.25) is 5.91 Å². The number of likely N-dealkylation sites (tertiary alicyclic amines) is 1. The van der Waals surface area contributed by atoms with E-state index >= 15 is 0 Å². The van der Waals surface area contributed by atoms with Crippen molar-refractivity contribution in [1.29, 1.82) is 0 Å². The predicted molar refractivity (Wildman–Crippen MR) is 105 cm³/mol. The third-order valence-corrected chi connectivity index (χ3v) is 4.32. The van der Waals surface area contributed by atoms with E-state index in [4.69, 9.17) is 5.73 Å². The van der Waals surface area contributed by atoms with E-state index in [9.17, 15) is 4.79 Å². The molecule has 1 aliphatic heterocycles. The van der Waals surface area contributed by atoms with Crippen molar-refractivity contribution in [3.63, 3.8) is 0 Å². The molecule has 1 amide bonds. The van der Waals surface area contributed by atoms with Crippen LogP contribution in [0.1, 0.15) is 32.3 Å². The number of halogens is 2. The van der Waals surface area contributed by atoms with Gasteiger partial charge >= 0.3 is 0 Å². The van der Waals surface area contributed by atoms with Crippen LogP contribution in [0.2, 0.25) is 0 Å². The summed E-state index contributed by atoms with van der Waals surface area (Å²) in [6.07, 6.45) is 2.14. The molecule has 2 rings (SSSR count). The van der Waals surface area contributed by atoms with Crippen molar-refractivity contribution in [2.45, 2.75) is 38.8 Å². The van der Waals surface area contributed by atoms with Gasteiger partial charge in [-0.3, -0.25) is 4.79 Å². The van der Waals surface area contributed by atoms with Gasteiger partial charge in [0.05, 0.1) is 5.54 Å². The smallest absolute Gasteiger partial charge is 0.242 e. The van der Waals surface area contributed by atoms with Crippen LogP contribution >= 0.6 is 24.8 Å². The molecule has 4 nitrogen and oxygen atoms in total. The molecule has 0 spiro atoms.